The van der Waals surface area contributed by atoms with Gasteiger partial charge in [-0.2, -0.15) is 9.61 Å². The van der Waals surface area contributed by atoms with E-state index in [4.69, 9.17) is 0 Å². The number of aryl methyl sites for hydroxylation is 1. The van der Waals surface area contributed by atoms with Gasteiger partial charge >= 0.3 is 0 Å². The van der Waals surface area contributed by atoms with Crippen LogP contribution >= 0.6 is 0 Å². The van der Waals surface area contributed by atoms with Gasteiger partial charge in [0.25, 0.3) is 5.56 Å². The number of halogens is 1. The van der Waals surface area contributed by atoms with Crippen LogP contribution in [-0.4, -0.2) is 19.6 Å². The fourth-order valence-electron chi connectivity index (χ4n) is 2.49. The molecule has 0 saturated heterocycles. The Kier molecular flexibility index (Phi) is 2.50. The molecule has 5 nitrogen and oxygen atoms in total. The van der Waals surface area contributed by atoms with Crippen LogP contribution in [0.25, 0.3) is 17.9 Å². The normalized spacial score (nSPS) is 14.4. The van der Waals surface area contributed by atoms with Crippen molar-refractivity contribution in [2.75, 3.05) is 0 Å². The minimum absolute atomic E-state index is 0.261. The van der Waals surface area contributed by atoms with Gasteiger partial charge in [-0.25, -0.2) is 9.37 Å². The summed E-state index contributed by atoms with van der Waals surface area (Å²) in [5, 5.41) is 5.70. The molecule has 6 heteroatoms. The molecular formula is C15H11FN4O. The van der Waals surface area contributed by atoms with Gasteiger partial charge in [-0.05, 0) is 36.6 Å². The molecule has 0 fully saturated rings. The van der Waals surface area contributed by atoms with Crippen LogP contribution in [0.1, 0.15) is 17.7 Å². The minimum Gasteiger partial charge on any atom is -0.289 e. The van der Waals surface area contributed by atoms with Gasteiger partial charge in [0.15, 0.2) is 0 Å². The van der Waals surface area contributed by atoms with Gasteiger partial charge in [-0.3, -0.25) is 9.78 Å². The third kappa shape index (κ3) is 1.96. The Morgan fingerprint density at radius 2 is 2.10 bits per heavy atom. The maximum absolute atomic E-state index is 12.9. The van der Waals surface area contributed by atoms with E-state index in [1.54, 1.807) is 18.2 Å². The highest BCUT2D eigenvalue weighted by atomic mass is 19.1. The highest BCUT2D eigenvalue weighted by Gasteiger charge is 2.10. The lowest BCUT2D eigenvalue weighted by Gasteiger charge is -1.96. The number of rotatable bonds is 1. The summed E-state index contributed by atoms with van der Waals surface area (Å²) < 4.78 is 14.5. The highest BCUT2D eigenvalue weighted by molar-refractivity contribution is 5.49. The van der Waals surface area contributed by atoms with Crippen LogP contribution in [0.15, 0.2) is 29.1 Å². The first kappa shape index (κ1) is 12.0. The van der Waals surface area contributed by atoms with Crippen molar-refractivity contribution in [2.45, 2.75) is 12.8 Å². The number of fused-ring (bicyclic) bond motifs is 2. The van der Waals surface area contributed by atoms with E-state index in [-0.39, 0.29) is 11.4 Å². The van der Waals surface area contributed by atoms with E-state index >= 15 is 0 Å². The first-order valence-electron chi connectivity index (χ1n) is 6.66. The molecule has 1 N–H and O–H groups in total. The largest absolute Gasteiger partial charge is 0.289 e. The lowest BCUT2D eigenvalue weighted by Crippen LogP contribution is -2.28. The molecule has 1 aromatic carbocycles. The summed E-state index contributed by atoms with van der Waals surface area (Å²) >= 11 is 0. The number of hydrogen-bond donors (Lipinski definition) is 1. The van der Waals surface area contributed by atoms with Crippen molar-refractivity contribution in [1.82, 2.24) is 19.6 Å². The predicted molar refractivity (Wildman–Crippen MR) is 75.6 cm³/mol. The molecule has 1 aliphatic rings. The first-order valence-corrected chi connectivity index (χ1v) is 6.66. The van der Waals surface area contributed by atoms with Gasteiger partial charge in [0, 0.05) is 0 Å². The SMILES string of the molecule is O=c1[nH]c2nc3c(nn2/c1=C/c1ccc(F)cc1)CCC=3. The zero-order valence-corrected chi connectivity index (χ0v) is 11.0. The first-order chi connectivity index (χ1) is 10.2. The van der Waals surface area contributed by atoms with Gasteiger partial charge in [0.2, 0.25) is 5.78 Å². The van der Waals surface area contributed by atoms with Crippen LogP contribution in [0.2, 0.25) is 0 Å². The maximum Gasteiger partial charge on any atom is 0.276 e. The average Bonchev–Trinajstić information content (AvgIpc) is 3.03. The molecule has 104 valence electrons. The number of imidazole rings is 1. The summed E-state index contributed by atoms with van der Waals surface area (Å²) in [6, 6.07) is 5.94. The molecule has 0 atom stereocenters. The summed E-state index contributed by atoms with van der Waals surface area (Å²) in [5.74, 6) is 0.111. The van der Waals surface area contributed by atoms with E-state index in [9.17, 15) is 9.18 Å². The van der Waals surface area contributed by atoms with Gasteiger partial charge in [-0.1, -0.05) is 18.2 Å². The number of hydrogen-bond acceptors (Lipinski definition) is 3. The predicted octanol–water partition coefficient (Wildman–Crippen LogP) is 0.112. The topological polar surface area (TPSA) is 63.0 Å². The second-order valence-corrected chi connectivity index (χ2v) is 4.96. The molecule has 0 amide bonds. The van der Waals surface area contributed by atoms with Crippen molar-refractivity contribution < 1.29 is 4.39 Å². The summed E-state index contributed by atoms with van der Waals surface area (Å²) in [6.07, 6.45) is 5.44. The van der Waals surface area contributed by atoms with E-state index < -0.39 is 0 Å². The quantitative estimate of drug-likeness (QED) is 0.689. The third-order valence-electron chi connectivity index (χ3n) is 3.52. The van der Waals surface area contributed by atoms with Crippen molar-refractivity contribution in [3.05, 3.63) is 62.4 Å². The highest BCUT2D eigenvalue weighted by Crippen LogP contribution is 2.03. The van der Waals surface area contributed by atoms with Crippen LogP contribution in [0.3, 0.4) is 0 Å². The maximum atomic E-state index is 12.9. The number of H-pyrrole nitrogens is 1. The number of aromatic amines is 1. The molecule has 0 bridgehead atoms. The molecule has 3 aromatic rings. The minimum atomic E-state index is -0.311. The molecule has 21 heavy (non-hydrogen) atoms. The average molecular weight is 282 g/mol. The summed E-state index contributed by atoms with van der Waals surface area (Å²) in [4.78, 5) is 19.2. The Bertz CT molecular complexity index is 1010. The zero-order valence-electron chi connectivity index (χ0n) is 11.0. The lowest BCUT2D eigenvalue weighted by molar-refractivity contribution is 0.627. The molecule has 2 aromatic heterocycles. The molecule has 2 heterocycles. The van der Waals surface area contributed by atoms with E-state index in [0.717, 1.165) is 29.4 Å². The second kappa shape index (κ2) is 4.37. The summed E-state index contributed by atoms with van der Waals surface area (Å²) in [5.41, 5.74) is 1.36. The molecule has 4 rings (SSSR count). The van der Waals surface area contributed by atoms with Crippen molar-refractivity contribution in [3.8, 4) is 0 Å². The monoisotopic (exact) mass is 282 g/mol. The van der Waals surface area contributed by atoms with Gasteiger partial charge in [0.05, 0.1) is 11.0 Å². The van der Waals surface area contributed by atoms with E-state index in [0.29, 0.717) is 11.1 Å². The summed E-state index contributed by atoms with van der Waals surface area (Å²) in [6.45, 7) is 0. The standard InChI is InChI=1S/C15H11FN4O/c16-10-6-4-9(5-7-10)8-13-14(21)18-15-17-11-2-1-3-12(11)19-20(13)15/h2,4-8H,1,3H2,(H,17,18,21)/b13-8+. The van der Waals surface area contributed by atoms with Gasteiger partial charge < -0.3 is 0 Å². The molecular weight excluding hydrogens is 271 g/mol. The Morgan fingerprint density at radius 1 is 1.29 bits per heavy atom. The molecule has 0 unspecified atom stereocenters. The molecule has 0 aliphatic heterocycles. The van der Waals surface area contributed by atoms with Crippen LogP contribution in [0.5, 0.6) is 0 Å². The Labute approximate surface area is 118 Å². The van der Waals surface area contributed by atoms with Crippen LogP contribution in [0.4, 0.5) is 4.39 Å². The molecule has 0 saturated carbocycles. The Balaban J connectivity index is 2.01. The fourth-order valence-corrected chi connectivity index (χ4v) is 2.49. The second-order valence-electron chi connectivity index (χ2n) is 4.96. The summed E-state index contributed by atoms with van der Waals surface area (Å²) in [7, 11) is 0. The van der Waals surface area contributed by atoms with Crippen molar-refractivity contribution in [3.63, 3.8) is 0 Å². The van der Waals surface area contributed by atoms with Crippen LogP contribution in [-0.2, 0) is 6.42 Å². The zero-order chi connectivity index (χ0) is 14.4. The van der Waals surface area contributed by atoms with Gasteiger partial charge in [0.1, 0.15) is 11.2 Å². The van der Waals surface area contributed by atoms with E-state index in [1.165, 1.54) is 16.6 Å². The number of benzene rings is 1. The number of nitrogens with zero attached hydrogens (tertiary/aromatic N) is 3. The van der Waals surface area contributed by atoms with Crippen LogP contribution in [0, 0.1) is 5.82 Å². The van der Waals surface area contributed by atoms with Gasteiger partial charge in [-0.15, -0.1) is 0 Å². The van der Waals surface area contributed by atoms with E-state index in [1.807, 2.05) is 6.08 Å². The number of nitrogens with one attached hydrogen (secondary N) is 1. The van der Waals surface area contributed by atoms with Crippen LogP contribution < -0.4 is 16.3 Å². The molecule has 0 spiro atoms. The molecule has 1 aliphatic carbocycles. The smallest absolute Gasteiger partial charge is 0.276 e. The van der Waals surface area contributed by atoms with Crippen molar-refractivity contribution in [1.29, 1.82) is 0 Å². The Hall–Kier alpha value is -2.76. The lowest BCUT2D eigenvalue weighted by atomic mass is 10.2. The fraction of sp³-hybridized carbons (Fsp3) is 0.133. The third-order valence-corrected chi connectivity index (χ3v) is 3.52. The van der Waals surface area contributed by atoms with Crippen molar-refractivity contribution >= 4 is 17.9 Å². The molecule has 0 radical (unpaired) electrons. The van der Waals surface area contributed by atoms with Crippen molar-refractivity contribution in [2.24, 2.45) is 0 Å². The number of aromatic nitrogens is 4. The Morgan fingerprint density at radius 3 is 2.90 bits per heavy atom. The van der Waals surface area contributed by atoms with E-state index in [2.05, 4.69) is 15.1 Å².